The number of nitrogen functional groups attached to an aromatic ring is 1. The van der Waals surface area contributed by atoms with Gasteiger partial charge in [-0.3, -0.25) is 0 Å². The largest absolute Gasteiger partial charge is 0.399 e. The van der Waals surface area contributed by atoms with Gasteiger partial charge >= 0.3 is 0 Å². The molecule has 2 heteroatoms. The van der Waals surface area contributed by atoms with E-state index >= 15 is 0 Å². The number of nitrogens with zero attached hydrogens (tertiary/aromatic N) is 1. The summed E-state index contributed by atoms with van der Waals surface area (Å²) >= 11 is 0. The molecule has 1 aromatic heterocycles. The fourth-order valence-corrected chi connectivity index (χ4v) is 3.58. The fraction of sp³-hybridized carbons (Fsp3) is 0.222. The Kier molecular flexibility index (Phi) is 2.40. The van der Waals surface area contributed by atoms with Gasteiger partial charge in [0.1, 0.15) is 0 Å². The van der Waals surface area contributed by atoms with E-state index in [-0.39, 0.29) is 0 Å². The molecule has 3 aromatic rings. The van der Waals surface area contributed by atoms with Crippen molar-refractivity contribution in [1.82, 2.24) is 4.57 Å². The summed E-state index contributed by atoms with van der Waals surface area (Å²) in [5.74, 6) is 0. The second-order valence-corrected chi connectivity index (χ2v) is 5.65. The lowest BCUT2D eigenvalue weighted by Gasteiger charge is -2.16. The molecule has 0 bridgehead atoms. The smallest absolute Gasteiger partial charge is 0.0521 e. The third-order valence-corrected chi connectivity index (χ3v) is 4.43. The molecule has 2 N–H and O–H groups in total. The van der Waals surface area contributed by atoms with E-state index in [4.69, 9.17) is 5.73 Å². The van der Waals surface area contributed by atoms with Crippen LogP contribution in [0.25, 0.3) is 22.0 Å². The van der Waals surface area contributed by atoms with Gasteiger partial charge in [0, 0.05) is 28.9 Å². The molecule has 1 aliphatic heterocycles. The van der Waals surface area contributed by atoms with Crippen LogP contribution in [0, 0.1) is 6.92 Å². The molecule has 0 unspecified atom stereocenters. The molecule has 0 fully saturated rings. The molecule has 0 spiro atoms. The van der Waals surface area contributed by atoms with E-state index in [1.54, 1.807) is 0 Å². The van der Waals surface area contributed by atoms with E-state index in [0.717, 1.165) is 12.2 Å². The maximum atomic E-state index is 5.96. The molecule has 0 saturated heterocycles. The maximum Gasteiger partial charge on any atom is 0.0521 e. The molecule has 20 heavy (non-hydrogen) atoms. The van der Waals surface area contributed by atoms with Crippen LogP contribution in [-0.4, -0.2) is 4.57 Å². The van der Waals surface area contributed by atoms with Crippen LogP contribution >= 0.6 is 0 Å². The number of hydrogen-bond donors (Lipinski definition) is 1. The molecule has 0 amide bonds. The van der Waals surface area contributed by atoms with Crippen molar-refractivity contribution in [2.45, 2.75) is 26.3 Å². The SMILES string of the molecule is Cc1c(-c2cccc(N)c2)c2cccc3c2n1CCC3. The minimum atomic E-state index is 0.828. The summed E-state index contributed by atoms with van der Waals surface area (Å²) in [6, 6.07) is 14.9. The Bertz CT molecular complexity index is 812. The van der Waals surface area contributed by atoms with Crippen molar-refractivity contribution in [3.8, 4) is 11.1 Å². The highest BCUT2D eigenvalue weighted by Crippen LogP contribution is 2.38. The van der Waals surface area contributed by atoms with Gasteiger partial charge in [0.25, 0.3) is 0 Å². The van der Waals surface area contributed by atoms with Crippen LogP contribution in [-0.2, 0) is 13.0 Å². The van der Waals surface area contributed by atoms with E-state index in [1.807, 2.05) is 12.1 Å². The quantitative estimate of drug-likeness (QED) is 0.656. The number of aryl methyl sites for hydroxylation is 2. The summed E-state index contributed by atoms with van der Waals surface area (Å²) in [6.07, 6.45) is 2.43. The van der Waals surface area contributed by atoms with Crippen LogP contribution < -0.4 is 5.73 Å². The lowest BCUT2D eigenvalue weighted by molar-refractivity contribution is 0.624. The molecule has 0 atom stereocenters. The molecule has 1 aliphatic rings. The van der Waals surface area contributed by atoms with Crippen molar-refractivity contribution in [2.75, 3.05) is 5.73 Å². The first-order chi connectivity index (χ1) is 9.75. The average Bonchev–Trinajstić information content (AvgIpc) is 2.75. The number of para-hydroxylation sites is 1. The van der Waals surface area contributed by atoms with Crippen LogP contribution in [0.4, 0.5) is 5.69 Å². The zero-order valence-electron chi connectivity index (χ0n) is 11.7. The van der Waals surface area contributed by atoms with E-state index in [1.165, 1.54) is 46.1 Å². The monoisotopic (exact) mass is 262 g/mol. The van der Waals surface area contributed by atoms with Crippen molar-refractivity contribution in [1.29, 1.82) is 0 Å². The Hall–Kier alpha value is -2.22. The number of benzene rings is 2. The summed E-state index contributed by atoms with van der Waals surface area (Å²) < 4.78 is 2.48. The molecule has 2 heterocycles. The van der Waals surface area contributed by atoms with Crippen LogP contribution in [0.15, 0.2) is 42.5 Å². The molecule has 100 valence electrons. The van der Waals surface area contributed by atoms with E-state index in [2.05, 4.69) is 41.8 Å². The first-order valence-electron chi connectivity index (χ1n) is 7.22. The predicted octanol–water partition coefficient (Wildman–Crippen LogP) is 4.15. The van der Waals surface area contributed by atoms with Crippen molar-refractivity contribution in [3.63, 3.8) is 0 Å². The topological polar surface area (TPSA) is 30.9 Å². The number of aromatic nitrogens is 1. The zero-order valence-corrected chi connectivity index (χ0v) is 11.7. The molecule has 0 aliphatic carbocycles. The van der Waals surface area contributed by atoms with Gasteiger partial charge in [0.15, 0.2) is 0 Å². The molecular formula is C18H18N2. The number of anilines is 1. The fourth-order valence-electron chi connectivity index (χ4n) is 3.58. The second-order valence-electron chi connectivity index (χ2n) is 5.65. The highest BCUT2D eigenvalue weighted by Gasteiger charge is 2.20. The first kappa shape index (κ1) is 11.6. The van der Waals surface area contributed by atoms with Crippen molar-refractivity contribution >= 4 is 16.6 Å². The number of nitrogens with two attached hydrogens (primary N) is 1. The van der Waals surface area contributed by atoms with Gasteiger partial charge in [-0.15, -0.1) is 0 Å². The summed E-state index contributed by atoms with van der Waals surface area (Å²) in [5, 5.41) is 1.37. The van der Waals surface area contributed by atoms with Crippen molar-refractivity contribution < 1.29 is 0 Å². The molecule has 0 radical (unpaired) electrons. The van der Waals surface area contributed by atoms with E-state index in [0.29, 0.717) is 0 Å². The molecule has 2 nitrogen and oxygen atoms in total. The highest BCUT2D eigenvalue weighted by molar-refractivity contribution is 6.00. The van der Waals surface area contributed by atoms with Gasteiger partial charge < -0.3 is 10.3 Å². The average molecular weight is 262 g/mol. The van der Waals surface area contributed by atoms with Crippen LogP contribution in [0.5, 0.6) is 0 Å². The molecule has 0 saturated carbocycles. The molecule has 2 aromatic carbocycles. The van der Waals surface area contributed by atoms with Crippen molar-refractivity contribution in [2.24, 2.45) is 0 Å². The predicted molar refractivity (Wildman–Crippen MR) is 84.8 cm³/mol. The van der Waals surface area contributed by atoms with Crippen molar-refractivity contribution in [3.05, 3.63) is 53.7 Å². The van der Waals surface area contributed by atoms with Crippen LogP contribution in [0.1, 0.15) is 17.7 Å². The lowest BCUT2D eigenvalue weighted by atomic mass is 9.99. The van der Waals surface area contributed by atoms with Gasteiger partial charge in [-0.05, 0) is 43.0 Å². The summed E-state index contributed by atoms with van der Waals surface area (Å²) in [6.45, 7) is 3.36. The summed E-state index contributed by atoms with van der Waals surface area (Å²) in [4.78, 5) is 0. The van der Waals surface area contributed by atoms with Gasteiger partial charge in [0.05, 0.1) is 5.52 Å². The third kappa shape index (κ3) is 1.51. The Morgan fingerprint density at radius 1 is 1.10 bits per heavy atom. The summed E-state index contributed by atoms with van der Waals surface area (Å²) in [7, 11) is 0. The van der Waals surface area contributed by atoms with E-state index in [9.17, 15) is 0 Å². The summed E-state index contributed by atoms with van der Waals surface area (Å²) in [5.41, 5.74) is 13.6. The highest BCUT2D eigenvalue weighted by atomic mass is 15.0. The van der Waals surface area contributed by atoms with Gasteiger partial charge in [0.2, 0.25) is 0 Å². The Morgan fingerprint density at radius 2 is 1.95 bits per heavy atom. The first-order valence-corrected chi connectivity index (χ1v) is 7.22. The number of rotatable bonds is 1. The third-order valence-electron chi connectivity index (χ3n) is 4.43. The Morgan fingerprint density at radius 3 is 2.80 bits per heavy atom. The standard InChI is InChI=1S/C18H18N2/c1-12-17(14-6-2-8-15(19)11-14)16-9-3-5-13-7-4-10-20(12)18(13)16/h2-3,5-6,8-9,11H,4,7,10,19H2,1H3. The Labute approximate surface area is 118 Å². The lowest BCUT2D eigenvalue weighted by Crippen LogP contribution is -2.08. The second kappa shape index (κ2) is 4.14. The molecule has 4 rings (SSSR count). The van der Waals surface area contributed by atoms with Gasteiger partial charge in [-0.25, -0.2) is 0 Å². The minimum Gasteiger partial charge on any atom is -0.399 e. The van der Waals surface area contributed by atoms with Crippen LogP contribution in [0.3, 0.4) is 0 Å². The number of hydrogen-bond acceptors (Lipinski definition) is 1. The minimum absolute atomic E-state index is 0.828. The maximum absolute atomic E-state index is 5.96. The van der Waals surface area contributed by atoms with Gasteiger partial charge in [-0.2, -0.15) is 0 Å². The zero-order chi connectivity index (χ0) is 13.7. The van der Waals surface area contributed by atoms with Crippen LogP contribution in [0.2, 0.25) is 0 Å². The molecular weight excluding hydrogens is 244 g/mol. The normalized spacial score (nSPS) is 13.8. The Balaban J connectivity index is 2.11. The van der Waals surface area contributed by atoms with Gasteiger partial charge in [-0.1, -0.05) is 30.3 Å². The van der Waals surface area contributed by atoms with E-state index < -0.39 is 0 Å².